The molecule has 0 unspecified atom stereocenters. The first kappa shape index (κ1) is 20.0. The quantitative estimate of drug-likeness (QED) is 0.671. The number of hydrogen-bond acceptors (Lipinski definition) is 7. The fraction of sp³-hybridized carbons (Fsp3) is 0.364. The smallest absolute Gasteiger partial charge is 0.409 e. The number of carbonyl (C=O) groups is 1. The second-order valence-corrected chi connectivity index (χ2v) is 7.36. The first-order valence-corrected chi connectivity index (χ1v) is 10.3. The Morgan fingerprint density at radius 3 is 2.87 bits per heavy atom. The van der Waals surface area contributed by atoms with Crippen LogP contribution < -0.4 is 11.1 Å². The van der Waals surface area contributed by atoms with Gasteiger partial charge in [-0.2, -0.15) is 0 Å². The molecule has 1 amide bonds. The molecule has 8 heteroatoms. The Labute approximate surface area is 175 Å². The highest BCUT2D eigenvalue weighted by Gasteiger charge is 2.23. The number of piperidine rings is 1. The summed E-state index contributed by atoms with van der Waals surface area (Å²) in [6.07, 6.45) is 3.08. The molecule has 1 aliphatic heterocycles. The van der Waals surface area contributed by atoms with Crippen LogP contribution in [0, 0.1) is 0 Å². The Balaban J connectivity index is 1.39. The number of amides is 1. The molecule has 3 aromatic rings. The van der Waals surface area contributed by atoms with E-state index >= 15 is 0 Å². The van der Waals surface area contributed by atoms with Crippen molar-refractivity contribution in [3.05, 3.63) is 48.3 Å². The van der Waals surface area contributed by atoms with Crippen molar-refractivity contribution in [1.82, 2.24) is 25.2 Å². The van der Waals surface area contributed by atoms with E-state index in [2.05, 4.69) is 32.4 Å². The van der Waals surface area contributed by atoms with Crippen molar-refractivity contribution in [3.8, 4) is 11.3 Å². The van der Waals surface area contributed by atoms with Crippen LogP contribution in [0.15, 0.2) is 42.7 Å². The molecule has 2 aromatic heterocycles. The SMILES string of the molecule is CCOC(=O)N1CCC(NCc2cccc(-c3ccc4ncnc(N)c4n3)c2)CC1. The third-order valence-electron chi connectivity index (χ3n) is 5.35. The van der Waals surface area contributed by atoms with E-state index in [1.165, 1.54) is 11.9 Å². The molecular formula is C22H26N6O2. The Kier molecular flexibility index (Phi) is 6.04. The molecule has 4 rings (SSSR count). The fourth-order valence-corrected chi connectivity index (χ4v) is 3.70. The lowest BCUT2D eigenvalue weighted by Crippen LogP contribution is -2.44. The predicted molar refractivity (Wildman–Crippen MR) is 116 cm³/mol. The summed E-state index contributed by atoms with van der Waals surface area (Å²) in [5.41, 5.74) is 10.4. The van der Waals surface area contributed by atoms with Crippen molar-refractivity contribution in [2.24, 2.45) is 0 Å². The van der Waals surface area contributed by atoms with E-state index in [0.717, 1.165) is 49.2 Å². The lowest BCUT2D eigenvalue weighted by molar-refractivity contribution is 0.0950. The number of nitrogens with two attached hydrogens (primary N) is 1. The van der Waals surface area contributed by atoms with E-state index in [4.69, 9.17) is 10.5 Å². The van der Waals surface area contributed by atoms with Crippen molar-refractivity contribution in [3.63, 3.8) is 0 Å². The number of nitrogen functional groups attached to an aromatic ring is 1. The molecule has 1 fully saturated rings. The number of anilines is 1. The monoisotopic (exact) mass is 406 g/mol. The summed E-state index contributed by atoms with van der Waals surface area (Å²) in [5.74, 6) is 0.383. The Bertz CT molecular complexity index is 1030. The van der Waals surface area contributed by atoms with Gasteiger partial charge in [0.25, 0.3) is 0 Å². The minimum Gasteiger partial charge on any atom is -0.450 e. The molecule has 3 heterocycles. The Hall–Kier alpha value is -3.26. The second kappa shape index (κ2) is 9.04. The zero-order chi connectivity index (χ0) is 20.9. The van der Waals surface area contributed by atoms with E-state index in [1.807, 2.05) is 31.2 Å². The number of aromatic nitrogens is 3. The van der Waals surface area contributed by atoms with Gasteiger partial charge >= 0.3 is 6.09 Å². The molecule has 0 bridgehead atoms. The first-order valence-electron chi connectivity index (χ1n) is 10.3. The highest BCUT2D eigenvalue weighted by molar-refractivity contribution is 5.85. The van der Waals surface area contributed by atoms with Crippen LogP contribution in [0.25, 0.3) is 22.3 Å². The van der Waals surface area contributed by atoms with Gasteiger partial charge in [0.05, 0.1) is 17.8 Å². The van der Waals surface area contributed by atoms with Gasteiger partial charge in [0.1, 0.15) is 11.8 Å². The van der Waals surface area contributed by atoms with Crippen LogP contribution in [0.2, 0.25) is 0 Å². The molecule has 8 nitrogen and oxygen atoms in total. The largest absolute Gasteiger partial charge is 0.450 e. The summed E-state index contributed by atoms with van der Waals surface area (Å²) in [6, 6.07) is 12.6. The van der Waals surface area contributed by atoms with Crippen LogP contribution in [0.5, 0.6) is 0 Å². The number of nitrogens with one attached hydrogen (secondary N) is 1. The average Bonchev–Trinajstić information content (AvgIpc) is 2.78. The molecule has 1 saturated heterocycles. The topological polar surface area (TPSA) is 106 Å². The normalized spacial score (nSPS) is 14.8. The number of ether oxygens (including phenoxy) is 1. The van der Waals surface area contributed by atoms with Gasteiger partial charge in [-0.05, 0) is 43.5 Å². The minimum atomic E-state index is -0.211. The molecule has 156 valence electrons. The van der Waals surface area contributed by atoms with E-state index in [9.17, 15) is 4.79 Å². The van der Waals surface area contributed by atoms with E-state index in [1.54, 1.807) is 4.90 Å². The molecule has 30 heavy (non-hydrogen) atoms. The van der Waals surface area contributed by atoms with Crippen molar-refractivity contribution in [2.45, 2.75) is 32.4 Å². The maximum absolute atomic E-state index is 11.8. The molecule has 1 aliphatic rings. The Morgan fingerprint density at radius 2 is 2.07 bits per heavy atom. The van der Waals surface area contributed by atoms with Crippen LogP contribution in [-0.2, 0) is 11.3 Å². The van der Waals surface area contributed by atoms with Gasteiger partial charge < -0.3 is 20.7 Å². The number of fused-ring (bicyclic) bond motifs is 1. The number of carbonyl (C=O) groups excluding carboxylic acids is 1. The van der Waals surface area contributed by atoms with E-state index in [-0.39, 0.29) is 6.09 Å². The third kappa shape index (κ3) is 4.49. The van der Waals surface area contributed by atoms with Crippen molar-refractivity contribution in [2.75, 3.05) is 25.4 Å². The molecule has 1 aromatic carbocycles. The van der Waals surface area contributed by atoms with Crippen LogP contribution in [-0.4, -0.2) is 51.7 Å². The van der Waals surface area contributed by atoms with Gasteiger partial charge in [-0.25, -0.2) is 19.7 Å². The van der Waals surface area contributed by atoms with E-state index in [0.29, 0.717) is 24.0 Å². The van der Waals surface area contributed by atoms with Crippen molar-refractivity contribution in [1.29, 1.82) is 0 Å². The standard InChI is InChI=1S/C22H26N6O2/c1-2-30-22(29)28-10-8-17(9-11-28)24-13-15-4-3-5-16(12-15)18-6-7-19-20(27-18)21(23)26-14-25-19/h3-7,12,14,17,24H,2,8-11,13H2,1H3,(H2,23,25,26). The first-order chi connectivity index (χ1) is 14.6. The summed E-state index contributed by atoms with van der Waals surface area (Å²) < 4.78 is 5.08. The van der Waals surface area contributed by atoms with E-state index < -0.39 is 0 Å². The second-order valence-electron chi connectivity index (χ2n) is 7.36. The number of likely N-dealkylation sites (tertiary alicyclic amines) is 1. The van der Waals surface area contributed by atoms with Crippen molar-refractivity contribution < 1.29 is 9.53 Å². The van der Waals surface area contributed by atoms with Crippen LogP contribution in [0.4, 0.5) is 10.6 Å². The van der Waals surface area contributed by atoms with Gasteiger partial charge in [-0.1, -0.05) is 18.2 Å². The van der Waals surface area contributed by atoms with Gasteiger partial charge in [0.2, 0.25) is 0 Å². The fourth-order valence-electron chi connectivity index (χ4n) is 3.70. The highest BCUT2D eigenvalue weighted by Crippen LogP contribution is 2.23. The number of hydrogen-bond donors (Lipinski definition) is 2. The summed E-state index contributed by atoms with van der Waals surface area (Å²) in [5, 5.41) is 3.61. The molecule has 0 aliphatic carbocycles. The number of benzene rings is 1. The van der Waals surface area contributed by atoms with Gasteiger partial charge in [0.15, 0.2) is 5.82 Å². The minimum absolute atomic E-state index is 0.211. The van der Waals surface area contributed by atoms with Gasteiger partial charge in [0, 0.05) is 31.2 Å². The number of nitrogens with zero attached hydrogens (tertiary/aromatic N) is 4. The molecule has 3 N–H and O–H groups in total. The number of pyridine rings is 1. The molecular weight excluding hydrogens is 380 g/mol. The Morgan fingerprint density at radius 1 is 1.23 bits per heavy atom. The predicted octanol–water partition coefficient (Wildman–Crippen LogP) is 2.98. The van der Waals surface area contributed by atoms with Gasteiger partial charge in [-0.3, -0.25) is 0 Å². The summed E-state index contributed by atoms with van der Waals surface area (Å²) in [4.78, 5) is 26.5. The maximum Gasteiger partial charge on any atom is 0.409 e. The molecule has 0 radical (unpaired) electrons. The number of rotatable bonds is 5. The highest BCUT2D eigenvalue weighted by atomic mass is 16.6. The average molecular weight is 406 g/mol. The molecule has 0 atom stereocenters. The lowest BCUT2D eigenvalue weighted by Gasteiger charge is -2.31. The van der Waals surface area contributed by atoms with Crippen molar-refractivity contribution >= 4 is 22.9 Å². The molecule has 0 spiro atoms. The zero-order valence-corrected chi connectivity index (χ0v) is 17.0. The van der Waals surface area contributed by atoms with Gasteiger partial charge in [-0.15, -0.1) is 0 Å². The maximum atomic E-state index is 11.8. The summed E-state index contributed by atoms with van der Waals surface area (Å²) in [6.45, 7) is 4.45. The lowest BCUT2D eigenvalue weighted by atomic mass is 10.0. The van der Waals surface area contributed by atoms with Crippen LogP contribution >= 0.6 is 0 Å². The summed E-state index contributed by atoms with van der Waals surface area (Å²) in [7, 11) is 0. The molecule has 0 saturated carbocycles. The summed E-state index contributed by atoms with van der Waals surface area (Å²) >= 11 is 0. The zero-order valence-electron chi connectivity index (χ0n) is 17.0. The third-order valence-corrected chi connectivity index (χ3v) is 5.35. The van der Waals surface area contributed by atoms with Crippen LogP contribution in [0.3, 0.4) is 0 Å². The van der Waals surface area contributed by atoms with Crippen LogP contribution in [0.1, 0.15) is 25.3 Å².